The van der Waals surface area contributed by atoms with Crippen LogP contribution in [0.25, 0.3) is 0 Å². The minimum atomic E-state index is 0.822. The van der Waals surface area contributed by atoms with Crippen molar-refractivity contribution in [3.8, 4) is 0 Å². The van der Waals surface area contributed by atoms with Crippen LogP contribution in [-0.4, -0.2) is 13.1 Å². The Labute approximate surface area is 114 Å². The van der Waals surface area contributed by atoms with Crippen LogP contribution in [0.1, 0.15) is 12.8 Å². The lowest BCUT2D eigenvalue weighted by atomic mass is 10.2. The first-order chi connectivity index (χ1) is 9.25. The Morgan fingerprint density at radius 3 is 1.68 bits per heavy atom. The standard InChI is InChI=1S/C10H14N2.C6H7N/c11-9-3-5-10(6-4-9)12-7-1-2-8-12;7-6-4-2-1-3-5-6/h3-6H,1-2,7-8,11H2;1-5H,7H2. The molecule has 0 aromatic heterocycles. The first kappa shape index (κ1) is 13.3. The number of rotatable bonds is 1. The molecule has 0 amide bonds. The van der Waals surface area contributed by atoms with Crippen molar-refractivity contribution in [2.24, 2.45) is 0 Å². The van der Waals surface area contributed by atoms with E-state index in [2.05, 4.69) is 17.0 Å². The van der Waals surface area contributed by atoms with Crippen molar-refractivity contribution in [1.29, 1.82) is 0 Å². The summed E-state index contributed by atoms with van der Waals surface area (Å²) >= 11 is 0. The largest absolute Gasteiger partial charge is 0.399 e. The molecule has 1 heterocycles. The molecule has 1 fully saturated rings. The summed E-state index contributed by atoms with van der Waals surface area (Å²) in [6, 6.07) is 17.6. The predicted molar refractivity (Wildman–Crippen MR) is 83.2 cm³/mol. The molecule has 0 atom stereocenters. The van der Waals surface area contributed by atoms with Gasteiger partial charge in [0.15, 0.2) is 0 Å². The molecule has 3 nitrogen and oxygen atoms in total. The Balaban J connectivity index is 0.000000163. The number of benzene rings is 2. The van der Waals surface area contributed by atoms with Crippen molar-refractivity contribution in [2.75, 3.05) is 29.5 Å². The first-order valence-corrected chi connectivity index (χ1v) is 6.67. The van der Waals surface area contributed by atoms with Crippen LogP contribution >= 0.6 is 0 Å². The number of nitrogens with zero attached hydrogens (tertiary/aromatic N) is 1. The van der Waals surface area contributed by atoms with E-state index in [1.807, 2.05) is 42.5 Å². The van der Waals surface area contributed by atoms with E-state index >= 15 is 0 Å². The van der Waals surface area contributed by atoms with Crippen LogP contribution in [0, 0.1) is 0 Å². The number of hydrogen-bond donors (Lipinski definition) is 2. The predicted octanol–water partition coefficient (Wildman–Crippen LogP) is 3.14. The summed E-state index contributed by atoms with van der Waals surface area (Å²) < 4.78 is 0. The lowest BCUT2D eigenvalue weighted by Crippen LogP contribution is -2.17. The molecule has 4 N–H and O–H groups in total. The van der Waals surface area contributed by atoms with Gasteiger partial charge in [-0.15, -0.1) is 0 Å². The normalized spacial score (nSPS) is 13.8. The summed E-state index contributed by atoms with van der Waals surface area (Å²) in [6.45, 7) is 2.40. The minimum Gasteiger partial charge on any atom is -0.399 e. The smallest absolute Gasteiger partial charge is 0.0367 e. The fourth-order valence-electron chi connectivity index (χ4n) is 2.11. The molecule has 1 saturated heterocycles. The second kappa shape index (κ2) is 6.69. The van der Waals surface area contributed by atoms with Gasteiger partial charge in [0.25, 0.3) is 0 Å². The zero-order chi connectivity index (χ0) is 13.5. The molecule has 3 heteroatoms. The van der Waals surface area contributed by atoms with Crippen molar-refractivity contribution in [3.05, 3.63) is 54.6 Å². The van der Waals surface area contributed by atoms with Crippen molar-refractivity contribution in [2.45, 2.75) is 12.8 Å². The number of para-hydroxylation sites is 1. The lowest BCUT2D eigenvalue weighted by Gasteiger charge is -2.17. The molecular weight excluding hydrogens is 234 g/mol. The molecule has 0 spiro atoms. The maximum absolute atomic E-state index is 5.61. The van der Waals surface area contributed by atoms with Gasteiger partial charge in [-0.05, 0) is 49.2 Å². The molecule has 0 saturated carbocycles. The Morgan fingerprint density at radius 1 is 0.684 bits per heavy atom. The number of anilines is 3. The third kappa shape index (κ3) is 4.21. The summed E-state index contributed by atoms with van der Waals surface area (Å²) in [5, 5.41) is 0. The highest BCUT2D eigenvalue weighted by Crippen LogP contribution is 2.20. The maximum Gasteiger partial charge on any atom is 0.0367 e. The molecule has 3 rings (SSSR count). The summed E-state index contributed by atoms with van der Waals surface area (Å²) in [6.07, 6.45) is 2.65. The van der Waals surface area contributed by atoms with Gasteiger partial charge in [0.1, 0.15) is 0 Å². The molecule has 1 aliphatic heterocycles. The monoisotopic (exact) mass is 255 g/mol. The Kier molecular flexibility index (Phi) is 4.67. The highest BCUT2D eigenvalue weighted by Gasteiger charge is 2.11. The molecule has 2 aromatic carbocycles. The number of hydrogen-bond acceptors (Lipinski definition) is 3. The van der Waals surface area contributed by atoms with Crippen LogP contribution in [0.2, 0.25) is 0 Å². The first-order valence-electron chi connectivity index (χ1n) is 6.67. The summed E-state index contributed by atoms with van der Waals surface area (Å²) in [4.78, 5) is 2.40. The molecule has 0 aliphatic carbocycles. The molecule has 0 radical (unpaired) electrons. The fourth-order valence-corrected chi connectivity index (χ4v) is 2.11. The highest BCUT2D eigenvalue weighted by molar-refractivity contribution is 5.53. The van der Waals surface area contributed by atoms with E-state index in [1.165, 1.54) is 31.6 Å². The van der Waals surface area contributed by atoms with E-state index in [0.29, 0.717) is 0 Å². The van der Waals surface area contributed by atoms with Gasteiger partial charge >= 0.3 is 0 Å². The summed E-state index contributed by atoms with van der Waals surface area (Å²) in [5.74, 6) is 0. The van der Waals surface area contributed by atoms with Gasteiger partial charge in [-0.3, -0.25) is 0 Å². The summed E-state index contributed by atoms with van der Waals surface area (Å²) in [7, 11) is 0. The Bertz CT molecular complexity index is 473. The molecule has 100 valence electrons. The van der Waals surface area contributed by atoms with Crippen molar-refractivity contribution in [1.82, 2.24) is 0 Å². The molecule has 2 aromatic rings. The van der Waals surface area contributed by atoms with E-state index in [9.17, 15) is 0 Å². The Morgan fingerprint density at radius 2 is 1.21 bits per heavy atom. The fraction of sp³-hybridized carbons (Fsp3) is 0.250. The van der Waals surface area contributed by atoms with Crippen LogP contribution in [-0.2, 0) is 0 Å². The van der Waals surface area contributed by atoms with E-state index in [0.717, 1.165) is 11.4 Å². The Hall–Kier alpha value is -2.16. The lowest BCUT2D eigenvalue weighted by molar-refractivity contribution is 0.949. The minimum absolute atomic E-state index is 0.822. The van der Waals surface area contributed by atoms with Gasteiger partial charge in [0.05, 0.1) is 0 Å². The molecule has 0 bridgehead atoms. The van der Waals surface area contributed by atoms with E-state index < -0.39 is 0 Å². The molecular formula is C16H21N3. The van der Waals surface area contributed by atoms with Crippen molar-refractivity contribution in [3.63, 3.8) is 0 Å². The third-order valence-corrected chi connectivity index (χ3v) is 3.16. The topological polar surface area (TPSA) is 55.3 Å². The summed E-state index contributed by atoms with van der Waals surface area (Å²) in [5.41, 5.74) is 13.9. The van der Waals surface area contributed by atoms with Gasteiger partial charge in [-0.1, -0.05) is 18.2 Å². The SMILES string of the molecule is Nc1ccc(N2CCCC2)cc1.Nc1ccccc1. The number of nitrogen functional groups attached to an aromatic ring is 2. The van der Waals surface area contributed by atoms with E-state index in [4.69, 9.17) is 11.5 Å². The van der Waals surface area contributed by atoms with Crippen LogP contribution in [0.4, 0.5) is 17.1 Å². The average molecular weight is 255 g/mol. The number of nitrogens with two attached hydrogens (primary N) is 2. The van der Waals surface area contributed by atoms with Gasteiger partial charge in [-0.2, -0.15) is 0 Å². The zero-order valence-corrected chi connectivity index (χ0v) is 11.1. The molecule has 19 heavy (non-hydrogen) atoms. The maximum atomic E-state index is 5.61. The van der Waals surface area contributed by atoms with Crippen LogP contribution < -0.4 is 16.4 Å². The van der Waals surface area contributed by atoms with E-state index in [-0.39, 0.29) is 0 Å². The highest BCUT2D eigenvalue weighted by atomic mass is 15.1. The zero-order valence-electron chi connectivity index (χ0n) is 11.1. The van der Waals surface area contributed by atoms with E-state index in [1.54, 1.807) is 0 Å². The van der Waals surface area contributed by atoms with Gasteiger partial charge < -0.3 is 16.4 Å². The average Bonchev–Trinajstić information content (AvgIpc) is 2.95. The second-order valence-electron chi connectivity index (χ2n) is 4.70. The molecule has 1 aliphatic rings. The van der Waals surface area contributed by atoms with Gasteiger partial charge in [0.2, 0.25) is 0 Å². The van der Waals surface area contributed by atoms with Crippen LogP contribution in [0.15, 0.2) is 54.6 Å². The second-order valence-corrected chi connectivity index (χ2v) is 4.70. The van der Waals surface area contributed by atoms with Gasteiger partial charge in [0, 0.05) is 30.2 Å². The van der Waals surface area contributed by atoms with Crippen molar-refractivity contribution < 1.29 is 0 Å². The third-order valence-electron chi connectivity index (χ3n) is 3.16. The van der Waals surface area contributed by atoms with Crippen LogP contribution in [0.3, 0.4) is 0 Å². The van der Waals surface area contributed by atoms with Gasteiger partial charge in [-0.25, -0.2) is 0 Å². The van der Waals surface area contributed by atoms with Crippen LogP contribution in [0.5, 0.6) is 0 Å². The van der Waals surface area contributed by atoms with Crippen molar-refractivity contribution >= 4 is 17.1 Å². The molecule has 0 unspecified atom stereocenters. The quantitative estimate of drug-likeness (QED) is 0.770.